The number of alkyl halides is 1. The second-order valence-corrected chi connectivity index (χ2v) is 7.02. The Kier molecular flexibility index (Phi) is 5.88. The Labute approximate surface area is 145 Å². The zero-order chi connectivity index (χ0) is 17.1. The van der Waals surface area contributed by atoms with Gasteiger partial charge >= 0.3 is 5.97 Å². The standard InChI is InChI=1S/C14H17BrN2O5S/c1-7(18)11-8-6-9(12(14(21)22)17(8)13(11)20)23-5-2-10(19)16-4-3-15/h2,5,7-8,11,18H,3-4,6H2,1H3,(H,16,19)(H,21,22). The van der Waals surface area contributed by atoms with Crippen LogP contribution < -0.4 is 5.32 Å². The largest absolute Gasteiger partial charge is 0.477 e. The molecule has 2 aliphatic heterocycles. The maximum atomic E-state index is 12.0. The smallest absolute Gasteiger partial charge is 0.353 e. The summed E-state index contributed by atoms with van der Waals surface area (Å²) in [6.07, 6.45) is 0.887. The molecule has 1 fully saturated rings. The van der Waals surface area contributed by atoms with Crippen LogP contribution in [0.2, 0.25) is 0 Å². The van der Waals surface area contributed by atoms with Crippen LogP contribution in [-0.2, 0) is 14.4 Å². The molecule has 0 radical (unpaired) electrons. The van der Waals surface area contributed by atoms with Crippen molar-refractivity contribution in [2.75, 3.05) is 11.9 Å². The number of nitrogens with zero attached hydrogens (tertiary/aromatic N) is 1. The Hall–Kier alpha value is -1.32. The van der Waals surface area contributed by atoms with Gasteiger partial charge in [0.2, 0.25) is 11.8 Å². The van der Waals surface area contributed by atoms with Crippen LogP contribution in [0.5, 0.6) is 0 Å². The van der Waals surface area contributed by atoms with Gasteiger partial charge in [0.05, 0.1) is 18.1 Å². The molecule has 0 aromatic carbocycles. The summed E-state index contributed by atoms with van der Waals surface area (Å²) in [6.45, 7) is 2.02. The molecule has 23 heavy (non-hydrogen) atoms. The number of amides is 2. The van der Waals surface area contributed by atoms with Gasteiger partial charge in [-0.25, -0.2) is 4.79 Å². The number of carboxylic acids is 1. The fourth-order valence-corrected chi connectivity index (χ4v) is 3.86. The highest BCUT2D eigenvalue weighted by Crippen LogP contribution is 2.47. The van der Waals surface area contributed by atoms with Crippen LogP contribution in [0.1, 0.15) is 13.3 Å². The SMILES string of the molecule is CC(O)C1C(=O)N2C(C(=O)O)=C(SC=CC(=O)NCCBr)CC12. The van der Waals surface area contributed by atoms with Crippen molar-refractivity contribution in [2.45, 2.75) is 25.5 Å². The van der Waals surface area contributed by atoms with Crippen LogP contribution in [0, 0.1) is 5.92 Å². The van der Waals surface area contributed by atoms with Crippen LogP contribution in [0.3, 0.4) is 0 Å². The maximum Gasteiger partial charge on any atom is 0.353 e. The molecule has 9 heteroatoms. The Morgan fingerprint density at radius 2 is 2.26 bits per heavy atom. The number of hydrogen-bond donors (Lipinski definition) is 3. The van der Waals surface area contributed by atoms with Crippen molar-refractivity contribution in [1.82, 2.24) is 10.2 Å². The van der Waals surface area contributed by atoms with E-state index in [-0.39, 0.29) is 23.6 Å². The third kappa shape index (κ3) is 3.61. The number of aliphatic carboxylic acids is 1. The van der Waals surface area contributed by atoms with E-state index in [0.29, 0.717) is 23.2 Å². The van der Waals surface area contributed by atoms with Crippen LogP contribution in [0.15, 0.2) is 22.1 Å². The van der Waals surface area contributed by atoms with Gasteiger partial charge in [-0.1, -0.05) is 27.7 Å². The van der Waals surface area contributed by atoms with Crippen LogP contribution >= 0.6 is 27.7 Å². The predicted octanol–water partition coefficient (Wildman–Crippen LogP) is 0.652. The average molecular weight is 405 g/mol. The number of aliphatic hydroxyl groups excluding tert-OH is 1. The van der Waals surface area contributed by atoms with Gasteiger partial charge in [-0.3, -0.25) is 9.59 Å². The lowest BCUT2D eigenvalue weighted by Crippen LogP contribution is -2.61. The van der Waals surface area contributed by atoms with Gasteiger partial charge in [0.25, 0.3) is 0 Å². The summed E-state index contributed by atoms with van der Waals surface area (Å²) in [4.78, 5) is 36.7. The van der Waals surface area contributed by atoms with Crippen LogP contribution in [0.25, 0.3) is 0 Å². The highest BCUT2D eigenvalue weighted by atomic mass is 79.9. The average Bonchev–Trinajstić information content (AvgIpc) is 2.79. The Morgan fingerprint density at radius 3 is 2.83 bits per heavy atom. The summed E-state index contributed by atoms with van der Waals surface area (Å²) in [5.74, 6) is -2.37. The van der Waals surface area contributed by atoms with Crippen LogP contribution in [-0.4, -0.2) is 56.9 Å². The van der Waals surface area contributed by atoms with Gasteiger partial charge in [-0.2, -0.15) is 0 Å². The lowest BCUT2D eigenvalue weighted by atomic mass is 9.83. The third-order valence-electron chi connectivity index (χ3n) is 3.71. The number of aliphatic hydroxyl groups is 1. The van der Waals surface area contributed by atoms with E-state index in [1.807, 2.05) is 0 Å². The van der Waals surface area contributed by atoms with Crippen molar-refractivity contribution in [3.8, 4) is 0 Å². The number of β-lactam (4-membered cyclic amide) rings is 1. The Bertz CT molecular complexity index is 590. The number of fused-ring (bicyclic) bond motifs is 1. The molecule has 0 saturated carbocycles. The molecule has 0 bridgehead atoms. The molecule has 1 saturated heterocycles. The first-order chi connectivity index (χ1) is 10.9. The summed E-state index contributed by atoms with van der Waals surface area (Å²) in [7, 11) is 0. The number of thioether (sulfide) groups is 1. The Balaban J connectivity index is 2.06. The van der Waals surface area contributed by atoms with Gasteiger partial charge in [0.15, 0.2) is 0 Å². The first kappa shape index (κ1) is 18.0. The van der Waals surface area contributed by atoms with E-state index in [1.165, 1.54) is 23.3 Å². The van der Waals surface area contributed by atoms with Crippen molar-refractivity contribution >= 4 is 45.5 Å². The minimum Gasteiger partial charge on any atom is -0.477 e. The van der Waals surface area contributed by atoms with Crippen molar-refractivity contribution in [3.63, 3.8) is 0 Å². The Morgan fingerprint density at radius 1 is 1.57 bits per heavy atom. The number of nitrogens with one attached hydrogen (secondary N) is 1. The lowest BCUT2D eigenvalue weighted by molar-refractivity contribution is -0.161. The number of carboxylic acid groups (broad SMARTS) is 1. The zero-order valence-electron chi connectivity index (χ0n) is 12.4. The van der Waals surface area contributed by atoms with Gasteiger partial charge in [-0.05, 0) is 12.3 Å². The summed E-state index contributed by atoms with van der Waals surface area (Å²) in [6, 6.07) is -0.313. The second-order valence-electron chi connectivity index (χ2n) is 5.22. The number of halogens is 1. The fraction of sp³-hybridized carbons (Fsp3) is 0.500. The molecule has 2 aliphatic rings. The van der Waals surface area contributed by atoms with Crippen molar-refractivity contribution in [1.29, 1.82) is 0 Å². The second kappa shape index (κ2) is 7.50. The molecule has 3 atom stereocenters. The number of hydrogen-bond acceptors (Lipinski definition) is 5. The monoisotopic (exact) mass is 404 g/mol. The molecule has 3 unspecified atom stereocenters. The molecule has 2 heterocycles. The molecule has 2 rings (SSSR count). The topological polar surface area (TPSA) is 107 Å². The summed E-state index contributed by atoms with van der Waals surface area (Å²) in [5.41, 5.74) is -0.0487. The van der Waals surface area contributed by atoms with Crippen LogP contribution in [0.4, 0.5) is 0 Å². The minimum atomic E-state index is -1.18. The first-order valence-corrected chi connectivity index (χ1v) is 9.03. The minimum absolute atomic E-state index is 0.0487. The molecule has 0 spiro atoms. The van der Waals surface area contributed by atoms with Crippen molar-refractivity contribution in [3.05, 3.63) is 22.1 Å². The lowest BCUT2D eigenvalue weighted by Gasteiger charge is -2.44. The van der Waals surface area contributed by atoms with Gasteiger partial charge in [0.1, 0.15) is 5.70 Å². The molecule has 2 amide bonds. The summed E-state index contributed by atoms with van der Waals surface area (Å²) >= 11 is 4.31. The molecular formula is C14H17BrN2O5S. The van der Waals surface area contributed by atoms with E-state index in [9.17, 15) is 24.6 Å². The van der Waals surface area contributed by atoms with Gasteiger partial charge in [-0.15, -0.1) is 0 Å². The van der Waals surface area contributed by atoms with E-state index in [1.54, 1.807) is 0 Å². The molecular weight excluding hydrogens is 388 g/mol. The highest BCUT2D eigenvalue weighted by Gasteiger charge is 2.56. The maximum absolute atomic E-state index is 12.0. The van der Waals surface area contributed by atoms with E-state index in [4.69, 9.17) is 0 Å². The van der Waals surface area contributed by atoms with Gasteiger partial charge in [0, 0.05) is 29.3 Å². The molecule has 0 aliphatic carbocycles. The number of carbonyl (C=O) groups excluding carboxylic acids is 2. The zero-order valence-corrected chi connectivity index (χ0v) is 14.8. The highest BCUT2D eigenvalue weighted by molar-refractivity contribution is 9.09. The molecule has 3 N–H and O–H groups in total. The first-order valence-electron chi connectivity index (χ1n) is 7.03. The number of rotatable bonds is 7. The van der Waals surface area contributed by atoms with E-state index in [2.05, 4.69) is 21.2 Å². The predicted molar refractivity (Wildman–Crippen MR) is 88.6 cm³/mol. The molecule has 0 aromatic rings. The number of carbonyl (C=O) groups is 3. The van der Waals surface area contributed by atoms with E-state index < -0.39 is 18.0 Å². The normalized spacial score (nSPS) is 24.7. The summed E-state index contributed by atoms with van der Waals surface area (Å²) < 4.78 is 0. The van der Waals surface area contributed by atoms with E-state index >= 15 is 0 Å². The van der Waals surface area contributed by atoms with Crippen molar-refractivity contribution in [2.24, 2.45) is 5.92 Å². The van der Waals surface area contributed by atoms with Gasteiger partial charge < -0.3 is 20.4 Å². The fourth-order valence-electron chi connectivity index (χ4n) is 2.74. The van der Waals surface area contributed by atoms with Crippen molar-refractivity contribution < 1.29 is 24.6 Å². The molecule has 126 valence electrons. The molecule has 0 aromatic heterocycles. The molecule has 7 nitrogen and oxygen atoms in total. The quantitative estimate of drug-likeness (QED) is 0.326. The summed E-state index contributed by atoms with van der Waals surface area (Å²) in [5, 5.41) is 23.8. The van der Waals surface area contributed by atoms with E-state index in [0.717, 1.165) is 11.8 Å². The third-order valence-corrected chi connectivity index (χ3v) is 5.03.